The summed E-state index contributed by atoms with van der Waals surface area (Å²) in [5.74, 6) is 0.678. The van der Waals surface area contributed by atoms with Crippen LogP contribution in [-0.2, 0) is 0 Å². The van der Waals surface area contributed by atoms with E-state index in [9.17, 15) is 10.2 Å². The minimum absolute atomic E-state index is 0.339. The second-order valence-electron chi connectivity index (χ2n) is 7.98. The zero-order valence-corrected chi connectivity index (χ0v) is 20.3. The first-order valence-electron chi connectivity index (χ1n) is 11.2. The van der Waals surface area contributed by atoms with E-state index in [0.717, 1.165) is 14.7 Å². The molecule has 0 radical (unpaired) electrons. The van der Waals surface area contributed by atoms with Gasteiger partial charge in [0, 0.05) is 0 Å². The maximum absolute atomic E-state index is 10.2. The van der Waals surface area contributed by atoms with Gasteiger partial charge in [-0.3, -0.25) is 0 Å². The molecule has 0 aliphatic carbocycles. The van der Waals surface area contributed by atoms with Crippen LogP contribution in [0.3, 0.4) is 0 Å². The Morgan fingerprint density at radius 1 is 0.630 bits per heavy atom. The van der Waals surface area contributed by atoms with Crippen LogP contribution < -0.4 is 3.61 Å². The molecule has 27 heavy (non-hydrogen) atoms. The SMILES string of the molecule is CCCCCCCCCCCCCCCC[Te]c1c(O)c(C)cc(C)c1O. The van der Waals surface area contributed by atoms with E-state index < -0.39 is 20.9 Å². The molecule has 0 atom stereocenters. The van der Waals surface area contributed by atoms with Crippen molar-refractivity contribution in [2.24, 2.45) is 0 Å². The molecule has 1 aromatic rings. The number of aryl methyl sites for hydroxylation is 2. The normalized spacial score (nSPS) is 11.2. The summed E-state index contributed by atoms with van der Waals surface area (Å²) in [6, 6.07) is 1.87. The van der Waals surface area contributed by atoms with E-state index in [0.29, 0.717) is 11.5 Å². The maximum atomic E-state index is 10.2. The fourth-order valence-electron chi connectivity index (χ4n) is 3.54. The van der Waals surface area contributed by atoms with Crippen LogP contribution >= 0.6 is 0 Å². The first kappa shape index (κ1) is 24.6. The van der Waals surface area contributed by atoms with Crippen LogP contribution in [0, 0.1) is 13.8 Å². The summed E-state index contributed by atoms with van der Waals surface area (Å²) >= 11 is -0.487. The van der Waals surface area contributed by atoms with E-state index in [4.69, 9.17) is 0 Å². The second kappa shape index (κ2) is 15.5. The van der Waals surface area contributed by atoms with E-state index in [1.165, 1.54) is 94.4 Å². The number of phenols is 2. The minimum atomic E-state index is -0.487. The summed E-state index contributed by atoms with van der Waals surface area (Å²) in [5, 5.41) is 20.4. The van der Waals surface area contributed by atoms with Gasteiger partial charge in [0.15, 0.2) is 0 Å². The Kier molecular flexibility index (Phi) is 14.2. The molecule has 2 N–H and O–H groups in total. The van der Waals surface area contributed by atoms with Crippen molar-refractivity contribution in [2.75, 3.05) is 0 Å². The molecule has 0 aliphatic heterocycles. The Balaban J connectivity index is 1.96. The van der Waals surface area contributed by atoms with E-state index in [2.05, 4.69) is 6.92 Å². The molecule has 0 heterocycles. The van der Waals surface area contributed by atoms with Crippen molar-refractivity contribution in [3.8, 4) is 11.5 Å². The van der Waals surface area contributed by atoms with Gasteiger partial charge in [-0.1, -0.05) is 26.2 Å². The molecular formula is C24H42O2Te. The molecule has 1 rings (SSSR count). The molecule has 0 saturated carbocycles. The Hall–Kier alpha value is -0.390. The van der Waals surface area contributed by atoms with E-state index >= 15 is 0 Å². The molecule has 3 heteroatoms. The molecule has 2 nitrogen and oxygen atoms in total. The molecule has 0 aliphatic rings. The molecule has 0 bridgehead atoms. The van der Waals surface area contributed by atoms with Gasteiger partial charge < -0.3 is 0 Å². The number of unbranched alkanes of at least 4 members (excludes halogenated alkanes) is 13. The van der Waals surface area contributed by atoms with Crippen molar-refractivity contribution in [1.82, 2.24) is 0 Å². The number of rotatable bonds is 16. The molecule has 0 aromatic heterocycles. The average molecular weight is 490 g/mol. The monoisotopic (exact) mass is 492 g/mol. The molecule has 0 saturated heterocycles. The van der Waals surface area contributed by atoms with Gasteiger partial charge in [-0.15, -0.1) is 0 Å². The van der Waals surface area contributed by atoms with Gasteiger partial charge in [0.05, 0.1) is 0 Å². The van der Waals surface area contributed by atoms with Crippen LogP contribution in [0.25, 0.3) is 0 Å². The Labute approximate surface area is 178 Å². The number of phenolic OH excluding ortho intramolecular Hbond substituents is 2. The summed E-state index contributed by atoms with van der Waals surface area (Å²) in [5.41, 5.74) is 1.79. The molecule has 0 unspecified atom stereocenters. The summed E-state index contributed by atoms with van der Waals surface area (Å²) < 4.78 is 2.04. The topological polar surface area (TPSA) is 40.5 Å². The molecular weight excluding hydrogens is 448 g/mol. The van der Waals surface area contributed by atoms with Crippen molar-refractivity contribution < 1.29 is 10.2 Å². The van der Waals surface area contributed by atoms with Gasteiger partial charge in [-0.05, 0) is 0 Å². The quantitative estimate of drug-likeness (QED) is 0.195. The van der Waals surface area contributed by atoms with Gasteiger partial charge in [-0.2, -0.15) is 0 Å². The van der Waals surface area contributed by atoms with Gasteiger partial charge in [0.1, 0.15) is 0 Å². The Morgan fingerprint density at radius 3 is 1.41 bits per heavy atom. The number of aromatic hydroxyl groups is 2. The van der Waals surface area contributed by atoms with E-state index in [1.54, 1.807) is 0 Å². The number of hydrogen-bond acceptors (Lipinski definition) is 2. The van der Waals surface area contributed by atoms with Crippen LogP contribution in [0.4, 0.5) is 0 Å². The second-order valence-corrected chi connectivity index (χ2v) is 11.1. The van der Waals surface area contributed by atoms with Crippen LogP contribution in [-0.4, -0.2) is 31.1 Å². The Bertz CT molecular complexity index is 487. The number of benzene rings is 1. The first-order valence-corrected chi connectivity index (χ1v) is 14.0. The summed E-state index contributed by atoms with van der Waals surface area (Å²) in [6.07, 6.45) is 19.4. The third-order valence-electron chi connectivity index (χ3n) is 5.35. The zero-order valence-electron chi connectivity index (χ0n) is 18.0. The van der Waals surface area contributed by atoms with E-state index in [-0.39, 0.29) is 0 Å². The molecule has 0 amide bonds. The molecule has 1 aromatic carbocycles. The Morgan fingerprint density at radius 2 is 1.00 bits per heavy atom. The van der Waals surface area contributed by atoms with Crippen molar-refractivity contribution in [3.05, 3.63) is 17.2 Å². The van der Waals surface area contributed by atoms with Gasteiger partial charge in [0.2, 0.25) is 0 Å². The molecule has 156 valence electrons. The third-order valence-corrected chi connectivity index (χ3v) is 8.69. The van der Waals surface area contributed by atoms with Gasteiger partial charge in [-0.25, -0.2) is 0 Å². The summed E-state index contributed by atoms with van der Waals surface area (Å²) in [6.45, 7) is 6.12. The molecule has 0 fully saturated rings. The fourth-order valence-corrected chi connectivity index (χ4v) is 6.82. The van der Waals surface area contributed by atoms with Crippen LogP contribution in [0.15, 0.2) is 6.07 Å². The predicted octanol–water partition coefficient (Wildman–Crippen LogP) is 6.94. The first-order chi connectivity index (χ1) is 13.1. The van der Waals surface area contributed by atoms with Crippen LogP contribution in [0.1, 0.15) is 108 Å². The zero-order chi connectivity index (χ0) is 19.9. The molecule has 0 spiro atoms. The van der Waals surface area contributed by atoms with Gasteiger partial charge >= 0.3 is 152 Å². The van der Waals surface area contributed by atoms with Crippen LogP contribution in [0.2, 0.25) is 4.47 Å². The fraction of sp³-hybridized carbons (Fsp3) is 0.750. The van der Waals surface area contributed by atoms with E-state index in [1.807, 2.05) is 19.9 Å². The van der Waals surface area contributed by atoms with Gasteiger partial charge in [0.25, 0.3) is 0 Å². The third kappa shape index (κ3) is 10.7. The van der Waals surface area contributed by atoms with Crippen molar-refractivity contribution in [3.63, 3.8) is 0 Å². The average Bonchev–Trinajstić information content (AvgIpc) is 2.65. The summed E-state index contributed by atoms with van der Waals surface area (Å²) in [7, 11) is 0. The van der Waals surface area contributed by atoms with Crippen molar-refractivity contribution >= 4 is 24.5 Å². The van der Waals surface area contributed by atoms with Crippen molar-refractivity contribution in [2.45, 2.75) is 115 Å². The summed E-state index contributed by atoms with van der Waals surface area (Å²) in [4.78, 5) is 0. The predicted molar refractivity (Wildman–Crippen MR) is 120 cm³/mol. The van der Waals surface area contributed by atoms with Crippen molar-refractivity contribution in [1.29, 1.82) is 0 Å². The standard InChI is InChI=1S/C24H42O2Te/c1-4-5-6-7-8-9-10-11-12-13-14-15-16-17-18-27-24-22(25)20(2)19-21(3)23(24)26/h19,25-26H,4-18H2,1-3H3. The van der Waals surface area contributed by atoms with Crippen LogP contribution in [0.5, 0.6) is 11.5 Å². The number of hydrogen-bond donors (Lipinski definition) is 2.